The van der Waals surface area contributed by atoms with Crippen LogP contribution >= 0.6 is 0 Å². The molecule has 0 aliphatic carbocycles. The number of nitrogens with two attached hydrogens (primary N) is 1. The Morgan fingerprint density at radius 3 is 2.26 bits per heavy atom. The minimum absolute atomic E-state index is 0.0223. The van der Waals surface area contributed by atoms with Crippen molar-refractivity contribution < 1.29 is 13.2 Å². The highest BCUT2D eigenvalue weighted by Gasteiger charge is 2.29. The topological polar surface area (TPSA) is 123 Å². The number of nitriles is 1. The van der Waals surface area contributed by atoms with Gasteiger partial charge in [0.2, 0.25) is 10.0 Å². The van der Waals surface area contributed by atoms with Gasteiger partial charge in [0.1, 0.15) is 11.0 Å². The zero-order chi connectivity index (χ0) is 30.0. The summed E-state index contributed by atoms with van der Waals surface area (Å²) in [5.74, 6) is 0.310. The van der Waals surface area contributed by atoms with Crippen LogP contribution in [-0.2, 0) is 10.0 Å². The predicted octanol–water partition coefficient (Wildman–Crippen LogP) is 4.11. The highest BCUT2D eigenvalue weighted by Crippen LogP contribution is 2.31. The van der Waals surface area contributed by atoms with Crippen molar-refractivity contribution in [1.82, 2.24) is 4.90 Å². The molecule has 0 bridgehead atoms. The third-order valence-corrected chi connectivity index (χ3v) is 9.45. The van der Waals surface area contributed by atoms with Gasteiger partial charge in [-0.1, -0.05) is 37.3 Å². The highest BCUT2D eigenvalue weighted by atomic mass is 32.2. The lowest BCUT2D eigenvalue weighted by atomic mass is 9.92. The van der Waals surface area contributed by atoms with E-state index in [1.165, 1.54) is 6.07 Å². The molecule has 2 atom stereocenters. The Morgan fingerprint density at radius 2 is 1.60 bits per heavy atom. The van der Waals surface area contributed by atoms with Crippen molar-refractivity contribution in [3.63, 3.8) is 0 Å². The summed E-state index contributed by atoms with van der Waals surface area (Å²) in [5, 5.41) is 18.7. The average Bonchev–Trinajstić information content (AvgIpc) is 2.98. The smallest absolute Gasteiger partial charge is 0.254 e. The number of anilines is 3. The number of primary sulfonamides is 1. The Morgan fingerprint density at radius 1 is 0.929 bits per heavy atom. The van der Waals surface area contributed by atoms with Gasteiger partial charge in [-0.3, -0.25) is 4.79 Å². The van der Waals surface area contributed by atoms with Gasteiger partial charge in [0.05, 0.1) is 16.9 Å². The number of benzene rings is 3. The second kappa shape index (κ2) is 12.0. The Bertz CT molecular complexity index is 1630. The number of nitrogens with zero attached hydrogens (tertiary/aromatic N) is 4. The monoisotopic (exact) mass is 586 g/mol. The average molecular weight is 587 g/mol. The molecule has 3 aromatic rings. The van der Waals surface area contributed by atoms with E-state index in [9.17, 15) is 18.5 Å². The van der Waals surface area contributed by atoms with Crippen molar-refractivity contribution in [3.8, 4) is 6.07 Å². The molecular formula is C32H38N6O3S. The molecule has 2 aliphatic heterocycles. The lowest BCUT2D eigenvalue weighted by Crippen LogP contribution is -2.49. The van der Waals surface area contributed by atoms with E-state index in [0.717, 1.165) is 42.0 Å². The van der Waals surface area contributed by atoms with Crippen LogP contribution in [0.1, 0.15) is 40.4 Å². The minimum Gasteiger partial charge on any atom is -0.382 e. The second-order valence-electron chi connectivity index (χ2n) is 11.4. The number of hydrogen-bond acceptors (Lipinski definition) is 7. The Labute approximate surface area is 248 Å². The van der Waals surface area contributed by atoms with Crippen LogP contribution in [0.5, 0.6) is 0 Å². The minimum atomic E-state index is -3.85. The van der Waals surface area contributed by atoms with Crippen LogP contribution in [0, 0.1) is 31.1 Å². The number of para-hydroxylation sites is 2. The van der Waals surface area contributed by atoms with Gasteiger partial charge >= 0.3 is 0 Å². The van der Waals surface area contributed by atoms with Gasteiger partial charge in [0.15, 0.2) is 0 Å². The van der Waals surface area contributed by atoms with E-state index < -0.39 is 10.0 Å². The van der Waals surface area contributed by atoms with Crippen molar-refractivity contribution in [2.24, 2.45) is 11.1 Å². The molecule has 0 unspecified atom stereocenters. The summed E-state index contributed by atoms with van der Waals surface area (Å²) in [4.78, 5) is 19.9. The Kier molecular flexibility index (Phi) is 8.43. The molecule has 2 aliphatic rings. The molecule has 0 spiro atoms. The van der Waals surface area contributed by atoms with E-state index in [4.69, 9.17) is 5.14 Å². The van der Waals surface area contributed by atoms with Gasteiger partial charge in [-0.15, -0.1) is 0 Å². The highest BCUT2D eigenvalue weighted by molar-refractivity contribution is 7.89. The first-order valence-corrected chi connectivity index (χ1v) is 15.9. The number of carbonyl (C=O) groups excluding carboxylic acids is 1. The molecule has 5 rings (SSSR count). The SMILES string of the molecule is Cc1cc(C)c(C(=O)N2CCN(c3ccccc3S(N)(=O)=O)CC2)cc1N[C@@H]1CCN(c2ccccc2C#N)C[C@H]1C. The number of rotatable bonds is 6. The van der Waals surface area contributed by atoms with E-state index in [0.29, 0.717) is 48.9 Å². The molecule has 0 saturated carbocycles. The summed E-state index contributed by atoms with van der Waals surface area (Å²) in [6.45, 7) is 9.93. The Balaban J connectivity index is 1.26. The van der Waals surface area contributed by atoms with Crippen LogP contribution in [0.4, 0.5) is 17.1 Å². The van der Waals surface area contributed by atoms with E-state index in [-0.39, 0.29) is 16.8 Å². The van der Waals surface area contributed by atoms with Gasteiger partial charge in [-0.05, 0) is 67.6 Å². The van der Waals surface area contributed by atoms with Gasteiger partial charge in [-0.25, -0.2) is 13.6 Å². The van der Waals surface area contributed by atoms with Crippen molar-refractivity contribution in [1.29, 1.82) is 5.26 Å². The lowest BCUT2D eigenvalue weighted by Gasteiger charge is -2.39. The fourth-order valence-corrected chi connectivity index (χ4v) is 6.90. The molecule has 2 saturated heterocycles. The number of hydrogen-bond donors (Lipinski definition) is 2. The largest absolute Gasteiger partial charge is 0.382 e. The zero-order valence-corrected chi connectivity index (χ0v) is 25.2. The summed E-state index contributed by atoms with van der Waals surface area (Å²) in [5.41, 5.74) is 5.92. The molecule has 220 valence electrons. The first-order valence-electron chi connectivity index (χ1n) is 14.3. The number of amides is 1. The zero-order valence-electron chi connectivity index (χ0n) is 24.4. The quantitative estimate of drug-likeness (QED) is 0.446. The van der Waals surface area contributed by atoms with Gasteiger partial charge in [-0.2, -0.15) is 5.26 Å². The fourth-order valence-electron chi connectivity index (χ4n) is 6.14. The predicted molar refractivity (Wildman–Crippen MR) is 166 cm³/mol. The molecule has 0 aromatic heterocycles. The van der Waals surface area contributed by atoms with Crippen molar-refractivity contribution in [3.05, 3.63) is 82.9 Å². The molecule has 2 heterocycles. The Hall–Kier alpha value is -4.07. The van der Waals surface area contributed by atoms with Crippen LogP contribution in [-0.4, -0.2) is 64.5 Å². The van der Waals surface area contributed by atoms with E-state index >= 15 is 0 Å². The summed E-state index contributed by atoms with van der Waals surface area (Å²) >= 11 is 0. The summed E-state index contributed by atoms with van der Waals surface area (Å²) in [7, 11) is -3.85. The molecule has 0 radical (unpaired) electrons. The third-order valence-electron chi connectivity index (χ3n) is 8.49. The van der Waals surface area contributed by atoms with Crippen molar-refractivity contribution >= 4 is 33.0 Å². The molecule has 9 nitrogen and oxygen atoms in total. The second-order valence-corrected chi connectivity index (χ2v) is 12.9. The van der Waals surface area contributed by atoms with E-state index in [2.05, 4.69) is 36.2 Å². The van der Waals surface area contributed by atoms with Crippen LogP contribution in [0.15, 0.2) is 65.6 Å². The summed E-state index contributed by atoms with van der Waals surface area (Å²) in [6.07, 6.45) is 0.916. The standard InChI is InChI=1S/C32H38N6O3S/c1-22-18-23(2)28(35-27-12-13-38(21-24(27)3)29-9-5-4-8-25(29)20-33)19-26(22)32(39)37-16-14-36(15-17-37)30-10-6-7-11-31(30)42(34,40)41/h4-11,18-19,24,27,35H,12-17,21H2,1-3H3,(H2,34,40,41)/t24-,27-/m1/s1. The third kappa shape index (κ3) is 6.08. The number of piperidine rings is 1. The van der Waals surface area contributed by atoms with Gasteiger partial charge in [0, 0.05) is 56.6 Å². The summed E-state index contributed by atoms with van der Waals surface area (Å²) < 4.78 is 24.2. The molecule has 42 heavy (non-hydrogen) atoms. The maximum atomic E-state index is 13.7. The van der Waals surface area contributed by atoms with E-state index in [1.807, 2.05) is 47.1 Å². The van der Waals surface area contributed by atoms with Crippen molar-refractivity contribution in [2.45, 2.75) is 38.1 Å². The number of carbonyl (C=O) groups is 1. The maximum Gasteiger partial charge on any atom is 0.254 e. The lowest BCUT2D eigenvalue weighted by molar-refractivity contribution is 0.0746. The number of nitrogens with one attached hydrogen (secondary N) is 1. The van der Waals surface area contributed by atoms with Crippen molar-refractivity contribution in [2.75, 3.05) is 54.4 Å². The first kappa shape index (κ1) is 29.4. The van der Waals surface area contributed by atoms with Crippen LogP contribution in [0.2, 0.25) is 0 Å². The first-order chi connectivity index (χ1) is 20.1. The molecule has 3 N–H and O–H groups in total. The molecular weight excluding hydrogens is 548 g/mol. The summed E-state index contributed by atoms with van der Waals surface area (Å²) in [6, 6.07) is 21.1. The van der Waals surface area contributed by atoms with Gasteiger partial charge in [0.25, 0.3) is 5.91 Å². The molecule has 3 aromatic carbocycles. The van der Waals surface area contributed by atoms with Crippen LogP contribution in [0.3, 0.4) is 0 Å². The number of piperazine rings is 1. The van der Waals surface area contributed by atoms with Crippen LogP contribution < -0.4 is 20.3 Å². The number of aryl methyl sites for hydroxylation is 2. The maximum absolute atomic E-state index is 13.7. The van der Waals surface area contributed by atoms with Crippen LogP contribution in [0.25, 0.3) is 0 Å². The number of sulfonamides is 1. The van der Waals surface area contributed by atoms with E-state index in [1.54, 1.807) is 18.2 Å². The van der Waals surface area contributed by atoms with Gasteiger partial charge < -0.3 is 20.0 Å². The molecule has 2 fully saturated rings. The fraction of sp³-hybridized carbons (Fsp3) is 0.375. The molecule has 10 heteroatoms. The normalized spacial score (nSPS) is 19.4. The molecule has 1 amide bonds.